The first-order valence-corrected chi connectivity index (χ1v) is 8.75. The molecule has 0 radical (unpaired) electrons. The molecule has 2 aliphatic rings. The molecule has 1 N–H and O–H groups in total. The first-order chi connectivity index (χ1) is 9.06. The van der Waals surface area contributed by atoms with E-state index in [2.05, 4.69) is 4.72 Å². The Morgan fingerprint density at radius 1 is 1.42 bits per heavy atom. The second kappa shape index (κ2) is 4.88. The number of hydrogen-bond donors (Lipinski definition) is 1. The van der Waals surface area contributed by atoms with Crippen LogP contribution in [0.25, 0.3) is 0 Å². The van der Waals surface area contributed by atoms with Crippen molar-refractivity contribution in [1.82, 2.24) is 9.03 Å². The van der Waals surface area contributed by atoms with Crippen molar-refractivity contribution in [3.8, 4) is 0 Å². The smallest absolute Gasteiger partial charge is 0.274 e. The quantitative estimate of drug-likeness (QED) is 0.914. The Morgan fingerprint density at radius 3 is 2.89 bits per heavy atom. The van der Waals surface area contributed by atoms with Gasteiger partial charge in [0.05, 0.1) is 0 Å². The summed E-state index contributed by atoms with van der Waals surface area (Å²) in [6.45, 7) is 0.812. The van der Waals surface area contributed by atoms with Crippen molar-refractivity contribution in [2.45, 2.75) is 32.2 Å². The fourth-order valence-corrected chi connectivity index (χ4v) is 4.45. The van der Waals surface area contributed by atoms with Gasteiger partial charge in [0.25, 0.3) is 0 Å². The average molecular weight is 300 g/mol. The van der Waals surface area contributed by atoms with E-state index in [1.165, 1.54) is 9.18 Å². The number of carbonyl (C=O) groups is 1. The largest absolute Gasteiger partial charge is 0.304 e. The molecule has 0 spiro atoms. The van der Waals surface area contributed by atoms with Crippen LogP contribution in [-0.2, 0) is 28.0 Å². The molecule has 0 atom stereocenters. The summed E-state index contributed by atoms with van der Waals surface area (Å²) in [5.41, 5.74) is 1.05. The predicted octanol–water partition coefficient (Wildman–Crippen LogP) is 1.27. The number of nitrogens with zero attached hydrogens (tertiary/aromatic N) is 1. The van der Waals surface area contributed by atoms with Crippen molar-refractivity contribution in [3.63, 3.8) is 0 Å². The van der Waals surface area contributed by atoms with Crippen LogP contribution in [0.5, 0.6) is 0 Å². The SMILES string of the molecule is O=C(NS(=O)(=O)N1CCc2sccc2C1)C1CCC1. The van der Waals surface area contributed by atoms with E-state index in [-0.39, 0.29) is 11.8 Å². The lowest BCUT2D eigenvalue weighted by Gasteiger charge is -2.29. The summed E-state index contributed by atoms with van der Waals surface area (Å²) < 4.78 is 27.9. The zero-order valence-corrected chi connectivity index (χ0v) is 12.1. The Labute approximate surface area is 116 Å². The maximum absolute atomic E-state index is 12.2. The minimum Gasteiger partial charge on any atom is -0.274 e. The Hall–Kier alpha value is -0.920. The molecule has 1 amide bonds. The number of nitrogens with one attached hydrogen (secondary N) is 1. The third-order valence-electron chi connectivity index (χ3n) is 3.82. The minimum absolute atomic E-state index is 0.115. The summed E-state index contributed by atoms with van der Waals surface area (Å²) >= 11 is 1.66. The Bertz CT molecular complexity index is 590. The Kier molecular flexibility index (Phi) is 3.36. The zero-order valence-electron chi connectivity index (χ0n) is 10.5. The van der Waals surface area contributed by atoms with Gasteiger partial charge in [0.15, 0.2) is 0 Å². The lowest BCUT2D eigenvalue weighted by Crippen LogP contribution is -2.47. The van der Waals surface area contributed by atoms with Gasteiger partial charge < -0.3 is 0 Å². The second-order valence-electron chi connectivity index (χ2n) is 5.05. The van der Waals surface area contributed by atoms with E-state index >= 15 is 0 Å². The number of thiophene rings is 1. The van der Waals surface area contributed by atoms with E-state index in [9.17, 15) is 13.2 Å². The topological polar surface area (TPSA) is 66.5 Å². The summed E-state index contributed by atoms with van der Waals surface area (Å²) in [6, 6.07) is 1.95. The number of rotatable bonds is 3. The number of hydrogen-bond acceptors (Lipinski definition) is 4. The monoisotopic (exact) mass is 300 g/mol. The van der Waals surface area contributed by atoms with Crippen molar-refractivity contribution >= 4 is 27.5 Å². The van der Waals surface area contributed by atoms with E-state index in [0.717, 1.165) is 31.2 Å². The molecule has 1 aliphatic heterocycles. The molecular weight excluding hydrogens is 284 g/mol. The van der Waals surface area contributed by atoms with Crippen LogP contribution >= 0.6 is 11.3 Å². The van der Waals surface area contributed by atoms with Crippen LogP contribution in [0.4, 0.5) is 0 Å². The highest BCUT2D eigenvalue weighted by atomic mass is 32.2. The van der Waals surface area contributed by atoms with E-state index in [1.54, 1.807) is 11.3 Å². The van der Waals surface area contributed by atoms with Crippen molar-refractivity contribution in [2.24, 2.45) is 5.92 Å². The van der Waals surface area contributed by atoms with Gasteiger partial charge in [0, 0.05) is 23.9 Å². The lowest BCUT2D eigenvalue weighted by atomic mass is 9.85. The third-order valence-corrected chi connectivity index (χ3v) is 6.29. The fourth-order valence-electron chi connectivity index (χ4n) is 2.37. The standard InChI is InChI=1S/C12H16N2O3S2/c15-12(9-2-1-3-9)13-19(16,17)14-6-4-11-10(8-14)5-7-18-11/h5,7,9H,1-4,6,8H2,(H,13,15). The van der Waals surface area contributed by atoms with Crippen LogP contribution in [0, 0.1) is 5.92 Å². The van der Waals surface area contributed by atoms with Crippen LogP contribution < -0.4 is 4.72 Å². The molecule has 0 aromatic carbocycles. The van der Waals surface area contributed by atoms with Gasteiger partial charge in [-0.15, -0.1) is 11.3 Å². The molecule has 1 saturated carbocycles. The zero-order chi connectivity index (χ0) is 13.5. The van der Waals surface area contributed by atoms with Crippen LogP contribution in [0.1, 0.15) is 29.7 Å². The summed E-state index contributed by atoms with van der Waals surface area (Å²) in [7, 11) is -3.69. The molecule has 0 bridgehead atoms. The van der Waals surface area contributed by atoms with Crippen molar-refractivity contribution < 1.29 is 13.2 Å². The molecule has 7 heteroatoms. The number of fused-ring (bicyclic) bond motifs is 1. The molecule has 104 valence electrons. The third kappa shape index (κ3) is 2.54. The average Bonchev–Trinajstić information content (AvgIpc) is 2.72. The first kappa shape index (κ1) is 13.1. The minimum atomic E-state index is -3.69. The van der Waals surface area contributed by atoms with Gasteiger partial charge in [0.2, 0.25) is 5.91 Å². The highest BCUT2D eigenvalue weighted by Crippen LogP contribution is 2.28. The van der Waals surface area contributed by atoms with E-state index in [0.29, 0.717) is 13.1 Å². The van der Waals surface area contributed by atoms with Crippen LogP contribution in [0.15, 0.2) is 11.4 Å². The molecular formula is C12H16N2O3S2. The highest BCUT2D eigenvalue weighted by molar-refractivity contribution is 7.87. The van der Waals surface area contributed by atoms with Gasteiger partial charge in [-0.25, -0.2) is 4.72 Å². The van der Waals surface area contributed by atoms with Crippen molar-refractivity contribution in [2.75, 3.05) is 6.54 Å². The summed E-state index contributed by atoms with van der Waals surface area (Å²) in [4.78, 5) is 13.0. The van der Waals surface area contributed by atoms with E-state index in [1.807, 2.05) is 11.4 Å². The van der Waals surface area contributed by atoms with Crippen LogP contribution in [0.2, 0.25) is 0 Å². The van der Waals surface area contributed by atoms with Gasteiger partial charge in [-0.2, -0.15) is 12.7 Å². The number of carbonyl (C=O) groups excluding carboxylic acids is 1. The normalized spacial score (nSPS) is 20.6. The highest BCUT2D eigenvalue weighted by Gasteiger charge is 2.32. The molecule has 0 unspecified atom stereocenters. The maximum atomic E-state index is 12.2. The first-order valence-electron chi connectivity index (χ1n) is 6.43. The molecule has 1 fully saturated rings. The van der Waals surface area contributed by atoms with Crippen LogP contribution in [0.3, 0.4) is 0 Å². The van der Waals surface area contributed by atoms with Crippen molar-refractivity contribution in [1.29, 1.82) is 0 Å². The Balaban J connectivity index is 1.69. The summed E-state index contributed by atoms with van der Waals surface area (Å²) in [6.07, 6.45) is 3.34. The van der Waals surface area contributed by atoms with Gasteiger partial charge in [-0.1, -0.05) is 6.42 Å². The van der Waals surface area contributed by atoms with Gasteiger partial charge in [0.1, 0.15) is 0 Å². The van der Waals surface area contributed by atoms with Gasteiger partial charge in [-0.3, -0.25) is 4.79 Å². The van der Waals surface area contributed by atoms with E-state index < -0.39 is 10.2 Å². The molecule has 1 aliphatic carbocycles. The van der Waals surface area contributed by atoms with Gasteiger partial charge >= 0.3 is 10.2 Å². The van der Waals surface area contributed by atoms with Gasteiger partial charge in [-0.05, 0) is 36.3 Å². The molecule has 2 heterocycles. The lowest BCUT2D eigenvalue weighted by molar-refractivity contribution is -0.125. The molecule has 1 aromatic heterocycles. The predicted molar refractivity (Wildman–Crippen MR) is 72.8 cm³/mol. The van der Waals surface area contributed by atoms with Crippen LogP contribution in [-0.4, -0.2) is 25.2 Å². The molecule has 5 nitrogen and oxygen atoms in total. The number of amides is 1. The molecule has 0 saturated heterocycles. The van der Waals surface area contributed by atoms with Crippen molar-refractivity contribution in [3.05, 3.63) is 21.9 Å². The summed E-state index contributed by atoms with van der Waals surface area (Å²) in [5, 5.41) is 1.98. The fraction of sp³-hybridized carbons (Fsp3) is 0.583. The molecule has 19 heavy (non-hydrogen) atoms. The summed E-state index contributed by atoms with van der Waals surface area (Å²) in [5.74, 6) is -0.460. The second-order valence-corrected chi connectivity index (χ2v) is 7.72. The van der Waals surface area contributed by atoms with E-state index in [4.69, 9.17) is 0 Å². The molecule has 3 rings (SSSR count). The molecule has 1 aromatic rings. The maximum Gasteiger partial charge on any atom is 0.304 e. The Morgan fingerprint density at radius 2 is 2.21 bits per heavy atom.